The topological polar surface area (TPSA) is 50.9 Å². The highest BCUT2D eigenvalue weighted by molar-refractivity contribution is 5.13. The van der Waals surface area contributed by atoms with Gasteiger partial charge in [0.25, 0.3) is 0 Å². The van der Waals surface area contributed by atoms with E-state index >= 15 is 0 Å². The van der Waals surface area contributed by atoms with Crippen LogP contribution in [-0.4, -0.2) is 19.9 Å². The molecule has 0 aliphatic carbocycles. The van der Waals surface area contributed by atoms with E-state index in [1.165, 1.54) is 0 Å². The summed E-state index contributed by atoms with van der Waals surface area (Å²) >= 11 is 0. The van der Waals surface area contributed by atoms with Crippen LogP contribution in [0.1, 0.15) is 23.1 Å². The van der Waals surface area contributed by atoms with Crippen LogP contribution in [0.2, 0.25) is 0 Å². The summed E-state index contributed by atoms with van der Waals surface area (Å²) in [5.74, 6) is 0. The van der Waals surface area contributed by atoms with Crippen molar-refractivity contribution in [2.24, 2.45) is 0 Å². The monoisotopic (exact) mass is 217 g/mol. The second-order valence-electron chi connectivity index (χ2n) is 3.91. The number of pyridine rings is 1. The lowest BCUT2D eigenvalue weighted by Gasteiger charge is -2.11. The Kier molecular flexibility index (Phi) is 3.01. The van der Waals surface area contributed by atoms with E-state index in [0.717, 1.165) is 17.0 Å². The molecule has 0 aliphatic heterocycles. The molecule has 2 heterocycles. The molecule has 0 saturated heterocycles. The fraction of sp³-hybridized carbons (Fsp3) is 0.333. The van der Waals surface area contributed by atoms with Crippen LogP contribution < -0.4 is 0 Å². The Morgan fingerprint density at radius 2 is 2.25 bits per heavy atom. The maximum Gasteiger partial charge on any atom is 0.100 e. The van der Waals surface area contributed by atoms with Gasteiger partial charge in [-0.15, -0.1) is 0 Å². The molecule has 0 aromatic carbocycles. The lowest BCUT2D eigenvalue weighted by Crippen LogP contribution is -2.11. The van der Waals surface area contributed by atoms with Crippen molar-refractivity contribution in [2.45, 2.75) is 26.5 Å². The van der Waals surface area contributed by atoms with E-state index in [4.69, 9.17) is 0 Å². The molecule has 0 radical (unpaired) electrons. The number of nitrogens with zero attached hydrogens (tertiary/aromatic N) is 3. The van der Waals surface area contributed by atoms with Gasteiger partial charge in [-0.25, -0.2) is 0 Å². The Labute approximate surface area is 94.6 Å². The van der Waals surface area contributed by atoms with Gasteiger partial charge in [0.15, 0.2) is 0 Å². The minimum absolute atomic E-state index is 0.464. The summed E-state index contributed by atoms with van der Waals surface area (Å²) in [6.07, 6.45) is 2.81. The molecule has 0 amide bonds. The van der Waals surface area contributed by atoms with Crippen molar-refractivity contribution >= 4 is 0 Å². The molecule has 4 nitrogen and oxygen atoms in total. The van der Waals surface area contributed by atoms with Crippen LogP contribution in [0.25, 0.3) is 0 Å². The molecule has 0 aliphatic rings. The van der Waals surface area contributed by atoms with E-state index in [1.807, 2.05) is 36.7 Å². The van der Waals surface area contributed by atoms with E-state index in [2.05, 4.69) is 10.1 Å². The van der Waals surface area contributed by atoms with Crippen molar-refractivity contribution in [3.8, 4) is 0 Å². The number of aliphatic hydroxyl groups is 1. The molecule has 0 spiro atoms. The molecule has 16 heavy (non-hydrogen) atoms. The van der Waals surface area contributed by atoms with Gasteiger partial charge in [0.05, 0.1) is 12.2 Å². The van der Waals surface area contributed by atoms with Gasteiger partial charge in [0.2, 0.25) is 0 Å². The Bertz CT molecular complexity index is 464. The fourth-order valence-corrected chi connectivity index (χ4v) is 1.70. The zero-order valence-electron chi connectivity index (χ0n) is 9.46. The number of hydrogen-bond acceptors (Lipinski definition) is 3. The third-order valence-electron chi connectivity index (χ3n) is 2.52. The van der Waals surface area contributed by atoms with E-state index in [-0.39, 0.29) is 0 Å². The molecule has 1 atom stereocenters. The first kappa shape index (κ1) is 10.8. The summed E-state index contributed by atoms with van der Waals surface area (Å²) in [5, 5.41) is 14.3. The number of aryl methyl sites for hydroxylation is 2. The quantitative estimate of drug-likeness (QED) is 0.850. The largest absolute Gasteiger partial charge is 0.386 e. The van der Waals surface area contributed by atoms with E-state index in [9.17, 15) is 5.11 Å². The van der Waals surface area contributed by atoms with Crippen molar-refractivity contribution in [3.63, 3.8) is 0 Å². The predicted octanol–water partition coefficient (Wildman–Crippen LogP) is 1.63. The second-order valence-corrected chi connectivity index (χ2v) is 3.91. The van der Waals surface area contributed by atoms with E-state index in [0.29, 0.717) is 6.54 Å². The first-order valence-corrected chi connectivity index (χ1v) is 5.26. The lowest BCUT2D eigenvalue weighted by molar-refractivity contribution is 0.150. The third-order valence-corrected chi connectivity index (χ3v) is 2.52. The van der Waals surface area contributed by atoms with Crippen molar-refractivity contribution < 1.29 is 5.11 Å². The van der Waals surface area contributed by atoms with Crippen molar-refractivity contribution in [1.82, 2.24) is 14.8 Å². The molecular weight excluding hydrogens is 202 g/mol. The summed E-state index contributed by atoms with van der Waals surface area (Å²) in [5.41, 5.74) is 2.84. The zero-order valence-corrected chi connectivity index (χ0v) is 9.46. The maximum absolute atomic E-state index is 10.0. The van der Waals surface area contributed by atoms with Crippen LogP contribution >= 0.6 is 0 Å². The Morgan fingerprint density at radius 1 is 1.44 bits per heavy atom. The highest BCUT2D eigenvalue weighted by Gasteiger charge is 2.10. The van der Waals surface area contributed by atoms with Crippen LogP contribution in [0.15, 0.2) is 30.6 Å². The predicted molar refractivity (Wildman–Crippen MR) is 60.9 cm³/mol. The summed E-state index contributed by atoms with van der Waals surface area (Å²) < 4.78 is 1.81. The highest BCUT2D eigenvalue weighted by Crippen LogP contribution is 2.14. The standard InChI is InChI=1S/C12H15N3O/c1-9-6-10(2)15(14-9)8-12(16)11-4-3-5-13-7-11/h3-7,12,16H,8H2,1-2H3. The van der Waals surface area contributed by atoms with Crippen molar-refractivity contribution in [2.75, 3.05) is 0 Å². The second kappa shape index (κ2) is 4.45. The average Bonchev–Trinajstić information content (AvgIpc) is 2.59. The van der Waals surface area contributed by atoms with Crippen LogP contribution in [0.3, 0.4) is 0 Å². The minimum Gasteiger partial charge on any atom is -0.386 e. The normalized spacial score (nSPS) is 12.7. The zero-order chi connectivity index (χ0) is 11.5. The molecule has 4 heteroatoms. The van der Waals surface area contributed by atoms with Gasteiger partial charge in [-0.1, -0.05) is 6.07 Å². The SMILES string of the molecule is Cc1cc(C)n(CC(O)c2cccnc2)n1. The summed E-state index contributed by atoms with van der Waals surface area (Å²) in [6, 6.07) is 5.68. The molecule has 1 unspecified atom stereocenters. The highest BCUT2D eigenvalue weighted by atomic mass is 16.3. The summed E-state index contributed by atoms with van der Waals surface area (Å²) in [4.78, 5) is 3.99. The summed E-state index contributed by atoms with van der Waals surface area (Å²) in [6.45, 7) is 4.39. The number of aliphatic hydroxyl groups excluding tert-OH is 1. The Hall–Kier alpha value is -1.68. The molecule has 0 bridgehead atoms. The molecule has 1 N–H and O–H groups in total. The molecule has 2 rings (SSSR count). The lowest BCUT2D eigenvalue weighted by atomic mass is 10.1. The van der Waals surface area contributed by atoms with Gasteiger partial charge in [-0.05, 0) is 26.0 Å². The summed E-state index contributed by atoms with van der Waals surface area (Å²) in [7, 11) is 0. The first-order valence-electron chi connectivity index (χ1n) is 5.26. The molecule has 0 saturated carbocycles. The van der Waals surface area contributed by atoms with Crippen LogP contribution in [0.4, 0.5) is 0 Å². The van der Waals surface area contributed by atoms with Gasteiger partial charge >= 0.3 is 0 Å². The van der Waals surface area contributed by atoms with Gasteiger partial charge < -0.3 is 5.11 Å². The molecule has 84 valence electrons. The Balaban J connectivity index is 2.14. The molecule has 0 fully saturated rings. The maximum atomic E-state index is 10.0. The number of aromatic nitrogens is 3. The number of rotatable bonds is 3. The third kappa shape index (κ3) is 2.28. The van der Waals surface area contributed by atoms with E-state index < -0.39 is 6.10 Å². The van der Waals surface area contributed by atoms with Gasteiger partial charge in [-0.2, -0.15) is 5.10 Å². The first-order chi connectivity index (χ1) is 7.66. The molecule has 2 aromatic heterocycles. The van der Waals surface area contributed by atoms with Gasteiger partial charge in [-0.3, -0.25) is 9.67 Å². The van der Waals surface area contributed by atoms with Crippen LogP contribution in [-0.2, 0) is 6.54 Å². The van der Waals surface area contributed by atoms with E-state index in [1.54, 1.807) is 12.4 Å². The van der Waals surface area contributed by atoms with Crippen molar-refractivity contribution in [1.29, 1.82) is 0 Å². The Morgan fingerprint density at radius 3 is 2.81 bits per heavy atom. The smallest absolute Gasteiger partial charge is 0.100 e. The van der Waals surface area contributed by atoms with Gasteiger partial charge in [0, 0.05) is 23.7 Å². The average molecular weight is 217 g/mol. The minimum atomic E-state index is -0.563. The van der Waals surface area contributed by atoms with Crippen molar-refractivity contribution in [3.05, 3.63) is 47.5 Å². The number of hydrogen-bond donors (Lipinski definition) is 1. The van der Waals surface area contributed by atoms with Crippen LogP contribution in [0.5, 0.6) is 0 Å². The van der Waals surface area contributed by atoms with Crippen LogP contribution in [0, 0.1) is 13.8 Å². The molecule has 2 aromatic rings. The van der Waals surface area contributed by atoms with Gasteiger partial charge in [0.1, 0.15) is 6.10 Å². The fourth-order valence-electron chi connectivity index (χ4n) is 1.70. The molecular formula is C12H15N3O.